The molecule has 4 rings (SSSR count). The van der Waals surface area contributed by atoms with Gasteiger partial charge >= 0.3 is 0 Å². The maximum atomic E-state index is 14.5. The van der Waals surface area contributed by atoms with E-state index in [1.54, 1.807) is 11.8 Å². The van der Waals surface area contributed by atoms with Crippen molar-refractivity contribution in [1.82, 2.24) is 9.47 Å². The summed E-state index contributed by atoms with van der Waals surface area (Å²) in [6.45, 7) is 2.55. The second kappa shape index (κ2) is 10.2. The molecule has 0 spiro atoms. The molecule has 37 heavy (non-hydrogen) atoms. The van der Waals surface area contributed by atoms with Crippen LogP contribution in [-0.2, 0) is 11.8 Å². The molecule has 1 N–H and O–H groups in total. The number of aromatic nitrogens is 1. The molecule has 1 saturated heterocycles. The zero-order chi connectivity index (χ0) is 26.9. The molecule has 2 amide bonds. The smallest absolute Gasteiger partial charge is 0.255 e. The van der Waals surface area contributed by atoms with Crippen molar-refractivity contribution in [1.29, 1.82) is 5.26 Å². The Bertz CT molecular complexity index is 1380. The summed E-state index contributed by atoms with van der Waals surface area (Å²) >= 11 is 0. The average molecular weight is 513 g/mol. The van der Waals surface area contributed by atoms with E-state index in [4.69, 9.17) is 0 Å². The summed E-state index contributed by atoms with van der Waals surface area (Å²) in [6, 6.07) is 6.78. The van der Waals surface area contributed by atoms with Crippen LogP contribution in [0.2, 0.25) is 0 Å². The first-order valence-electron chi connectivity index (χ1n) is 12.1. The number of pyridine rings is 1. The Balaban J connectivity index is 1.47. The highest BCUT2D eigenvalue weighted by molar-refractivity contribution is 6.05. The third-order valence-corrected chi connectivity index (χ3v) is 7.13. The van der Waals surface area contributed by atoms with Gasteiger partial charge in [-0.25, -0.2) is 13.2 Å². The van der Waals surface area contributed by atoms with Crippen molar-refractivity contribution in [2.24, 2.45) is 13.0 Å². The van der Waals surface area contributed by atoms with E-state index in [2.05, 4.69) is 5.32 Å². The number of nitrogens with one attached hydrogen (secondary N) is 1. The van der Waals surface area contributed by atoms with Crippen LogP contribution in [0.15, 0.2) is 34.6 Å². The predicted octanol–water partition coefficient (Wildman–Crippen LogP) is 4.40. The minimum absolute atomic E-state index is 0.0136. The molecule has 2 heterocycles. The van der Waals surface area contributed by atoms with Crippen molar-refractivity contribution in [3.8, 4) is 6.07 Å². The number of amides is 2. The molecule has 1 aliphatic heterocycles. The molecule has 7 nitrogen and oxygen atoms in total. The standard InChI is InChI=1S/C27H27F3N4O3/c1-16-19(9-17-4-7-34(8-5-17)26(37)18-3-6-27(29,30)14-18)10-21(28)13-23(16)32-25(36)20-11-22(15-31)33(2)24(35)12-20/h9-13,18H,3-8,14H2,1-2H3,(H,32,36). The molecule has 2 aliphatic rings. The topological polar surface area (TPSA) is 95.2 Å². The minimum atomic E-state index is -2.77. The van der Waals surface area contributed by atoms with E-state index < -0.39 is 35.5 Å². The van der Waals surface area contributed by atoms with Gasteiger partial charge in [0.15, 0.2) is 0 Å². The number of hydrogen-bond acceptors (Lipinski definition) is 4. The number of nitrogens with zero attached hydrogens (tertiary/aromatic N) is 3. The Kier molecular flexibility index (Phi) is 7.25. The lowest BCUT2D eigenvalue weighted by molar-refractivity contribution is -0.136. The summed E-state index contributed by atoms with van der Waals surface area (Å²) in [6.07, 6.45) is 2.47. The van der Waals surface area contributed by atoms with Crippen LogP contribution in [0.25, 0.3) is 6.08 Å². The van der Waals surface area contributed by atoms with Crippen LogP contribution in [-0.4, -0.2) is 40.3 Å². The zero-order valence-corrected chi connectivity index (χ0v) is 20.6. The van der Waals surface area contributed by atoms with Crippen LogP contribution >= 0.6 is 0 Å². The van der Waals surface area contributed by atoms with Crippen LogP contribution in [0, 0.1) is 30.0 Å². The van der Waals surface area contributed by atoms with Gasteiger partial charge in [0.05, 0.1) is 0 Å². The fourth-order valence-electron chi connectivity index (χ4n) is 4.84. The van der Waals surface area contributed by atoms with Crippen LogP contribution in [0.1, 0.15) is 59.3 Å². The number of hydrogen-bond donors (Lipinski definition) is 1. The van der Waals surface area contributed by atoms with Gasteiger partial charge in [-0.15, -0.1) is 0 Å². The number of nitriles is 1. The number of rotatable bonds is 4. The van der Waals surface area contributed by atoms with Crippen LogP contribution < -0.4 is 10.9 Å². The second-order valence-electron chi connectivity index (χ2n) is 9.68. The van der Waals surface area contributed by atoms with Crippen molar-refractivity contribution in [2.45, 2.75) is 45.0 Å². The summed E-state index contributed by atoms with van der Waals surface area (Å²) in [5.41, 5.74) is 1.87. The van der Waals surface area contributed by atoms with Crippen molar-refractivity contribution < 1.29 is 22.8 Å². The zero-order valence-electron chi connectivity index (χ0n) is 20.6. The quantitative estimate of drug-likeness (QED) is 0.657. The first-order valence-corrected chi connectivity index (χ1v) is 12.1. The Labute approximate surface area is 212 Å². The van der Waals surface area contributed by atoms with E-state index >= 15 is 0 Å². The van der Waals surface area contributed by atoms with E-state index in [0.29, 0.717) is 37.1 Å². The van der Waals surface area contributed by atoms with Gasteiger partial charge < -0.3 is 14.8 Å². The van der Waals surface area contributed by atoms with E-state index in [0.717, 1.165) is 16.2 Å². The number of likely N-dealkylation sites (tertiary alicyclic amines) is 1. The van der Waals surface area contributed by atoms with E-state index in [9.17, 15) is 32.8 Å². The molecular weight excluding hydrogens is 485 g/mol. The number of carbonyl (C=O) groups is 2. The Hall–Kier alpha value is -3.87. The molecule has 1 saturated carbocycles. The van der Waals surface area contributed by atoms with Crippen molar-refractivity contribution >= 4 is 23.6 Å². The largest absolute Gasteiger partial charge is 0.342 e. The molecule has 194 valence electrons. The van der Waals surface area contributed by atoms with Gasteiger partial charge in [0, 0.05) is 56.2 Å². The summed E-state index contributed by atoms with van der Waals surface area (Å²) in [5, 5.41) is 11.8. The van der Waals surface area contributed by atoms with Crippen molar-refractivity contribution in [3.63, 3.8) is 0 Å². The summed E-state index contributed by atoms with van der Waals surface area (Å²) in [5.74, 6) is -4.84. The number of alkyl halides is 2. The maximum absolute atomic E-state index is 14.5. The highest BCUT2D eigenvalue weighted by Crippen LogP contribution is 2.40. The molecule has 2 aromatic rings. The van der Waals surface area contributed by atoms with Crippen LogP contribution in [0.3, 0.4) is 0 Å². The molecule has 2 fully saturated rings. The van der Waals surface area contributed by atoms with Gasteiger partial charge in [0.25, 0.3) is 11.5 Å². The Morgan fingerprint density at radius 1 is 1.19 bits per heavy atom. The van der Waals surface area contributed by atoms with Crippen molar-refractivity contribution in [3.05, 3.63) is 68.4 Å². The molecule has 1 aromatic carbocycles. The normalized spacial score (nSPS) is 18.9. The molecule has 10 heteroatoms. The molecule has 0 bridgehead atoms. The second-order valence-corrected chi connectivity index (χ2v) is 9.68. The van der Waals surface area contributed by atoms with Gasteiger partial charge in [-0.3, -0.25) is 14.4 Å². The molecule has 1 unspecified atom stereocenters. The lowest BCUT2D eigenvalue weighted by Gasteiger charge is -2.30. The molecule has 1 aliphatic carbocycles. The minimum Gasteiger partial charge on any atom is -0.342 e. The van der Waals surface area contributed by atoms with Gasteiger partial charge in [0.1, 0.15) is 17.6 Å². The van der Waals surface area contributed by atoms with Gasteiger partial charge in [-0.1, -0.05) is 11.6 Å². The van der Waals surface area contributed by atoms with Gasteiger partial charge in [-0.2, -0.15) is 5.26 Å². The van der Waals surface area contributed by atoms with Crippen LogP contribution in [0.5, 0.6) is 0 Å². The first kappa shape index (κ1) is 26.2. The number of anilines is 1. The summed E-state index contributed by atoms with van der Waals surface area (Å²) in [7, 11) is 1.42. The Morgan fingerprint density at radius 2 is 1.89 bits per heavy atom. The van der Waals surface area contributed by atoms with Gasteiger partial charge in [0.2, 0.25) is 11.8 Å². The predicted molar refractivity (Wildman–Crippen MR) is 132 cm³/mol. The number of piperidine rings is 1. The fraction of sp³-hybridized carbons (Fsp3) is 0.407. The lowest BCUT2D eigenvalue weighted by Crippen LogP contribution is -2.39. The molecule has 1 atom stereocenters. The van der Waals surface area contributed by atoms with E-state index in [1.807, 2.05) is 12.1 Å². The SMILES string of the molecule is Cc1c(C=C2CCN(C(=O)C3CCC(F)(F)C3)CC2)cc(F)cc1NC(=O)c1cc(C#N)n(C)c(=O)c1. The number of halogens is 3. The highest BCUT2D eigenvalue weighted by atomic mass is 19.3. The maximum Gasteiger partial charge on any atom is 0.255 e. The summed E-state index contributed by atoms with van der Waals surface area (Å²) < 4.78 is 42.6. The van der Waals surface area contributed by atoms with Crippen LogP contribution in [0.4, 0.5) is 18.9 Å². The highest BCUT2D eigenvalue weighted by Gasteiger charge is 2.43. The van der Waals surface area contributed by atoms with E-state index in [1.165, 1.54) is 25.2 Å². The monoisotopic (exact) mass is 512 g/mol. The third-order valence-electron chi connectivity index (χ3n) is 7.13. The molecule has 1 aromatic heterocycles. The molecular formula is C27H27F3N4O3. The van der Waals surface area contributed by atoms with E-state index in [-0.39, 0.29) is 35.7 Å². The Morgan fingerprint density at radius 3 is 2.51 bits per heavy atom. The number of carbonyl (C=O) groups excluding carboxylic acids is 2. The average Bonchev–Trinajstić information content (AvgIpc) is 3.23. The number of benzene rings is 1. The lowest BCUT2D eigenvalue weighted by atomic mass is 9.96. The third kappa shape index (κ3) is 5.77. The first-order chi connectivity index (χ1) is 17.5. The van der Waals surface area contributed by atoms with Gasteiger partial charge in [-0.05, 0) is 55.5 Å². The fourth-order valence-corrected chi connectivity index (χ4v) is 4.84. The van der Waals surface area contributed by atoms with Crippen molar-refractivity contribution in [2.75, 3.05) is 18.4 Å². The molecule has 0 radical (unpaired) electrons. The summed E-state index contributed by atoms with van der Waals surface area (Å²) in [4.78, 5) is 39.1.